The fourth-order valence-electron chi connectivity index (χ4n) is 4.72. The van der Waals surface area contributed by atoms with E-state index in [4.69, 9.17) is 4.74 Å². The summed E-state index contributed by atoms with van der Waals surface area (Å²) in [4.78, 5) is 14.5. The summed E-state index contributed by atoms with van der Waals surface area (Å²) in [5.41, 5.74) is 3.10. The molecule has 1 unspecified atom stereocenters. The van der Waals surface area contributed by atoms with Crippen LogP contribution in [0, 0.1) is 17.3 Å². The minimum absolute atomic E-state index is 0.00635. The average Bonchev–Trinajstić information content (AvgIpc) is 3.51. The minimum Gasteiger partial charge on any atom is -0.466 e. The monoisotopic (exact) mass is 412 g/mol. The van der Waals surface area contributed by atoms with Gasteiger partial charge in [0.2, 0.25) is 0 Å². The second-order valence-corrected chi connectivity index (χ2v) is 9.78. The Kier molecular flexibility index (Phi) is 8.13. The number of rotatable bonds is 10. The molecule has 4 heteroatoms. The van der Waals surface area contributed by atoms with E-state index in [0.717, 1.165) is 45.4 Å². The molecule has 1 aliphatic heterocycles. The third kappa shape index (κ3) is 6.68. The molecule has 1 heterocycles. The van der Waals surface area contributed by atoms with E-state index >= 15 is 0 Å². The van der Waals surface area contributed by atoms with Crippen LogP contribution in [-0.2, 0) is 9.53 Å². The van der Waals surface area contributed by atoms with Crippen molar-refractivity contribution >= 4 is 12.0 Å². The van der Waals surface area contributed by atoms with Crippen LogP contribution in [0.3, 0.4) is 0 Å². The van der Waals surface area contributed by atoms with Crippen molar-refractivity contribution < 1.29 is 9.53 Å². The van der Waals surface area contributed by atoms with E-state index in [0.29, 0.717) is 18.6 Å². The number of piperidine rings is 1. The Balaban J connectivity index is 1.41. The summed E-state index contributed by atoms with van der Waals surface area (Å²) in [5.74, 6) is 0.776. The standard InChI is InChI=1S/C26H40N2O2/c1-5-21(16-20-10-8-7-9-11-20)23-17-24(23)27-18-26(3,4)19-28-14-12-22(13-15-28)25(29)30-6-2/h7-11,16,22-24,27H,5-6,12-15,17-19H2,1-4H3/t23?,24-/m0/s1. The lowest BCUT2D eigenvalue weighted by Gasteiger charge is -2.37. The molecule has 2 fully saturated rings. The van der Waals surface area contributed by atoms with Crippen molar-refractivity contribution in [1.29, 1.82) is 0 Å². The van der Waals surface area contributed by atoms with Crippen LogP contribution >= 0.6 is 0 Å². The predicted molar refractivity (Wildman–Crippen MR) is 124 cm³/mol. The van der Waals surface area contributed by atoms with Gasteiger partial charge in [0.25, 0.3) is 0 Å². The van der Waals surface area contributed by atoms with Crippen molar-refractivity contribution in [2.24, 2.45) is 17.3 Å². The maximum Gasteiger partial charge on any atom is 0.309 e. The van der Waals surface area contributed by atoms with E-state index in [1.807, 2.05) is 6.92 Å². The molecule has 1 aliphatic carbocycles. The van der Waals surface area contributed by atoms with Crippen molar-refractivity contribution in [3.05, 3.63) is 41.5 Å². The molecule has 0 amide bonds. The van der Waals surface area contributed by atoms with Gasteiger partial charge in [-0.15, -0.1) is 0 Å². The molecule has 1 saturated carbocycles. The Hall–Kier alpha value is -1.65. The molecule has 1 N–H and O–H groups in total. The van der Waals surface area contributed by atoms with Gasteiger partial charge >= 0.3 is 5.97 Å². The Morgan fingerprint density at radius 2 is 1.90 bits per heavy atom. The number of hydrogen-bond acceptors (Lipinski definition) is 4. The van der Waals surface area contributed by atoms with Gasteiger partial charge in [-0.2, -0.15) is 0 Å². The summed E-state index contributed by atoms with van der Waals surface area (Å²) in [5, 5.41) is 3.84. The zero-order chi connectivity index (χ0) is 21.6. The Bertz CT molecular complexity index is 705. The van der Waals surface area contributed by atoms with Crippen LogP contribution in [-0.4, -0.2) is 49.7 Å². The second kappa shape index (κ2) is 10.6. The molecule has 2 atom stereocenters. The van der Waals surface area contributed by atoms with Crippen LogP contribution in [0.15, 0.2) is 35.9 Å². The number of nitrogens with one attached hydrogen (secondary N) is 1. The molecule has 166 valence electrons. The summed E-state index contributed by atoms with van der Waals surface area (Å²) in [6.45, 7) is 13.5. The van der Waals surface area contributed by atoms with E-state index in [-0.39, 0.29) is 17.3 Å². The average molecular weight is 413 g/mol. The van der Waals surface area contributed by atoms with E-state index in [1.54, 1.807) is 5.57 Å². The fraction of sp³-hybridized carbons (Fsp3) is 0.654. The van der Waals surface area contributed by atoms with Gasteiger partial charge in [0.1, 0.15) is 0 Å². The quantitative estimate of drug-likeness (QED) is 0.563. The smallest absolute Gasteiger partial charge is 0.309 e. The molecule has 0 aromatic heterocycles. The van der Waals surface area contributed by atoms with E-state index < -0.39 is 0 Å². The van der Waals surface area contributed by atoms with Gasteiger partial charge in [0.15, 0.2) is 0 Å². The molecule has 2 aliphatic rings. The number of ether oxygens (including phenoxy) is 1. The van der Waals surface area contributed by atoms with Gasteiger partial charge in [-0.3, -0.25) is 4.79 Å². The van der Waals surface area contributed by atoms with Gasteiger partial charge in [0, 0.05) is 19.1 Å². The van der Waals surface area contributed by atoms with Gasteiger partial charge in [-0.25, -0.2) is 0 Å². The number of benzene rings is 1. The third-order valence-electron chi connectivity index (χ3n) is 6.53. The van der Waals surface area contributed by atoms with E-state index in [9.17, 15) is 4.79 Å². The molecule has 1 aromatic rings. The summed E-state index contributed by atoms with van der Waals surface area (Å²) in [6, 6.07) is 11.3. The van der Waals surface area contributed by atoms with Gasteiger partial charge in [-0.05, 0) is 62.6 Å². The first-order valence-corrected chi connectivity index (χ1v) is 11.8. The van der Waals surface area contributed by atoms with Crippen molar-refractivity contribution in [3.8, 4) is 0 Å². The fourth-order valence-corrected chi connectivity index (χ4v) is 4.72. The summed E-state index contributed by atoms with van der Waals surface area (Å²) in [7, 11) is 0. The Morgan fingerprint density at radius 3 is 2.53 bits per heavy atom. The maximum atomic E-state index is 11.9. The van der Waals surface area contributed by atoms with Gasteiger partial charge < -0.3 is 15.0 Å². The highest BCUT2D eigenvalue weighted by molar-refractivity contribution is 5.72. The first-order chi connectivity index (χ1) is 14.4. The third-order valence-corrected chi connectivity index (χ3v) is 6.53. The Morgan fingerprint density at radius 1 is 1.20 bits per heavy atom. The van der Waals surface area contributed by atoms with Gasteiger partial charge in [0.05, 0.1) is 12.5 Å². The topological polar surface area (TPSA) is 41.6 Å². The number of likely N-dealkylation sites (tertiary alicyclic amines) is 1. The lowest BCUT2D eigenvalue weighted by molar-refractivity contribution is -0.149. The molecule has 4 nitrogen and oxygen atoms in total. The minimum atomic E-state index is -0.00635. The molecule has 3 rings (SSSR count). The second-order valence-electron chi connectivity index (χ2n) is 9.78. The first-order valence-electron chi connectivity index (χ1n) is 11.8. The first kappa shape index (κ1) is 23.0. The van der Waals surface area contributed by atoms with Crippen molar-refractivity contribution in [2.75, 3.05) is 32.8 Å². The van der Waals surface area contributed by atoms with Crippen molar-refractivity contribution in [1.82, 2.24) is 10.2 Å². The number of hydrogen-bond donors (Lipinski definition) is 1. The predicted octanol–water partition coefficient (Wildman–Crippen LogP) is 4.76. The van der Waals surface area contributed by atoms with Crippen molar-refractivity contribution in [3.63, 3.8) is 0 Å². The highest BCUT2D eigenvalue weighted by Crippen LogP contribution is 2.40. The van der Waals surface area contributed by atoms with Crippen LogP contribution in [0.1, 0.15) is 58.9 Å². The number of esters is 1. The van der Waals surface area contributed by atoms with Crippen molar-refractivity contribution in [2.45, 2.75) is 59.4 Å². The molecule has 30 heavy (non-hydrogen) atoms. The zero-order valence-electron chi connectivity index (χ0n) is 19.3. The maximum absolute atomic E-state index is 11.9. The van der Waals surface area contributed by atoms with Gasteiger partial charge in [-0.1, -0.05) is 62.8 Å². The number of carbonyl (C=O) groups excluding carboxylic acids is 1. The Labute approximate surface area is 183 Å². The zero-order valence-corrected chi connectivity index (χ0v) is 19.3. The number of nitrogens with zero attached hydrogens (tertiary/aromatic N) is 1. The highest BCUT2D eigenvalue weighted by Gasteiger charge is 2.40. The van der Waals surface area contributed by atoms with Crippen LogP contribution in [0.2, 0.25) is 0 Å². The molecule has 0 spiro atoms. The lowest BCUT2D eigenvalue weighted by Crippen LogP contribution is -2.45. The normalized spacial score (nSPS) is 23.4. The molecule has 0 radical (unpaired) electrons. The lowest BCUT2D eigenvalue weighted by atomic mass is 9.90. The van der Waals surface area contributed by atoms with Crippen LogP contribution in [0.4, 0.5) is 0 Å². The molecule has 0 bridgehead atoms. The summed E-state index contributed by atoms with van der Waals surface area (Å²) >= 11 is 0. The van der Waals surface area contributed by atoms with E-state index in [2.05, 4.69) is 67.4 Å². The number of carbonyl (C=O) groups is 1. The summed E-state index contributed by atoms with van der Waals surface area (Å²) < 4.78 is 5.19. The van der Waals surface area contributed by atoms with Crippen LogP contribution in [0.5, 0.6) is 0 Å². The van der Waals surface area contributed by atoms with Crippen LogP contribution in [0.25, 0.3) is 6.08 Å². The molecule has 1 saturated heterocycles. The molecular formula is C26H40N2O2. The summed E-state index contributed by atoms with van der Waals surface area (Å²) in [6.07, 6.45) is 6.61. The van der Waals surface area contributed by atoms with Crippen LogP contribution < -0.4 is 5.32 Å². The largest absolute Gasteiger partial charge is 0.466 e. The van der Waals surface area contributed by atoms with E-state index in [1.165, 1.54) is 12.0 Å². The molecule has 1 aromatic carbocycles. The SMILES string of the molecule is CCOC(=O)C1CCN(CC(C)(C)CN[C@H]2CC2C(=Cc2ccccc2)CC)CC1. The highest BCUT2D eigenvalue weighted by atomic mass is 16.5. The molecular weight excluding hydrogens is 372 g/mol.